The first-order valence-electron chi connectivity index (χ1n) is 7.25. The van der Waals surface area contributed by atoms with E-state index in [1.54, 1.807) is 6.07 Å². The molecule has 3 heteroatoms. The molecule has 1 aliphatic heterocycles. The molecular formula is C16H25FN2. The second-order valence-electron chi connectivity index (χ2n) is 5.90. The summed E-state index contributed by atoms with van der Waals surface area (Å²) >= 11 is 0. The summed E-state index contributed by atoms with van der Waals surface area (Å²) in [6, 6.07) is 8.24. The fourth-order valence-electron chi connectivity index (χ4n) is 2.92. The van der Waals surface area contributed by atoms with Crippen LogP contribution in [0, 0.1) is 11.7 Å². The predicted molar refractivity (Wildman–Crippen MR) is 77.8 cm³/mol. The number of nitrogens with zero attached hydrogens (tertiary/aromatic N) is 1. The SMILES string of the molecule is C[C@@H]1CN(C)[C@@H](C)C[C@@H]1NCCc1ccccc1F. The lowest BCUT2D eigenvalue weighted by Crippen LogP contribution is -2.51. The Kier molecular flexibility index (Phi) is 4.94. The average molecular weight is 264 g/mol. The summed E-state index contributed by atoms with van der Waals surface area (Å²) < 4.78 is 13.5. The van der Waals surface area contributed by atoms with Crippen LogP contribution in [0.2, 0.25) is 0 Å². The Morgan fingerprint density at radius 2 is 2.05 bits per heavy atom. The summed E-state index contributed by atoms with van der Waals surface area (Å²) in [5.41, 5.74) is 0.809. The number of hydrogen-bond donors (Lipinski definition) is 1. The van der Waals surface area contributed by atoms with Crippen LogP contribution in [0.4, 0.5) is 4.39 Å². The van der Waals surface area contributed by atoms with Crippen molar-refractivity contribution in [1.29, 1.82) is 0 Å². The van der Waals surface area contributed by atoms with Gasteiger partial charge in [0.05, 0.1) is 0 Å². The third kappa shape index (κ3) is 3.77. The van der Waals surface area contributed by atoms with E-state index in [1.165, 1.54) is 12.5 Å². The monoisotopic (exact) mass is 264 g/mol. The van der Waals surface area contributed by atoms with Gasteiger partial charge in [-0.15, -0.1) is 0 Å². The molecule has 2 nitrogen and oxygen atoms in total. The molecule has 0 radical (unpaired) electrons. The van der Waals surface area contributed by atoms with Crippen LogP contribution in [-0.2, 0) is 6.42 Å². The van der Waals surface area contributed by atoms with E-state index in [2.05, 4.69) is 31.1 Å². The maximum Gasteiger partial charge on any atom is 0.126 e. The van der Waals surface area contributed by atoms with Crippen molar-refractivity contribution in [3.8, 4) is 0 Å². The molecule has 0 spiro atoms. The van der Waals surface area contributed by atoms with Crippen LogP contribution >= 0.6 is 0 Å². The Balaban J connectivity index is 1.81. The van der Waals surface area contributed by atoms with Crippen LogP contribution < -0.4 is 5.32 Å². The molecular weight excluding hydrogens is 239 g/mol. The molecule has 1 fully saturated rings. The predicted octanol–water partition coefficient (Wildman–Crippen LogP) is 2.69. The number of hydrogen-bond acceptors (Lipinski definition) is 2. The molecule has 0 aliphatic carbocycles. The maximum atomic E-state index is 13.5. The lowest BCUT2D eigenvalue weighted by atomic mass is 9.90. The van der Waals surface area contributed by atoms with Gasteiger partial charge in [-0.3, -0.25) is 0 Å². The van der Waals surface area contributed by atoms with Gasteiger partial charge >= 0.3 is 0 Å². The third-order valence-corrected chi connectivity index (χ3v) is 4.37. The molecule has 1 heterocycles. The summed E-state index contributed by atoms with van der Waals surface area (Å²) in [6.45, 7) is 6.56. The number of rotatable bonds is 4. The van der Waals surface area contributed by atoms with Gasteiger partial charge in [0.25, 0.3) is 0 Å². The smallest absolute Gasteiger partial charge is 0.126 e. The van der Waals surface area contributed by atoms with Gasteiger partial charge in [-0.25, -0.2) is 4.39 Å². The van der Waals surface area contributed by atoms with E-state index in [0.29, 0.717) is 18.0 Å². The summed E-state index contributed by atoms with van der Waals surface area (Å²) in [5.74, 6) is 0.566. The van der Waals surface area contributed by atoms with Crippen molar-refractivity contribution in [2.24, 2.45) is 5.92 Å². The fourth-order valence-corrected chi connectivity index (χ4v) is 2.92. The van der Waals surface area contributed by atoms with Crippen molar-refractivity contribution >= 4 is 0 Å². The van der Waals surface area contributed by atoms with E-state index in [0.717, 1.165) is 25.1 Å². The first-order chi connectivity index (χ1) is 9.08. The quantitative estimate of drug-likeness (QED) is 0.899. The summed E-state index contributed by atoms with van der Waals surface area (Å²) in [6.07, 6.45) is 1.94. The van der Waals surface area contributed by atoms with Crippen molar-refractivity contribution in [1.82, 2.24) is 10.2 Å². The molecule has 1 aliphatic rings. The zero-order valence-corrected chi connectivity index (χ0v) is 12.2. The highest BCUT2D eigenvalue weighted by molar-refractivity contribution is 5.17. The van der Waals surface area contributed by atoms with Crippen molar-refractivity contribution in [3.05, 3.63) is 35.6 Å². The highest BCUT2D eigenvalue weighted by Crippen LogP contribution is 2.20. The van der Waals surface area contributed by atoms with Gasteiger partial charge in [0, 0.05) is 18.6 Å². The van der Waals surface area contributed by atoms with Gasteiger partial charge in [0.15, 0.2) is 0 Å². The lowest BCUT2D eigenvalue weighted by molar-refractivity contribution is 0.122. The molecule has 2 rings (SSSR count). The maximum absolute atomic E-state index is 13.5. The number of likely N-dealkylation sites (tertiary alicyclic amines) is 1. The molecule has 0 amide bonds. The highest BCUT2D eigenvalue weighted by atomic mass is 19.1. The molecule has 1 saturated heterocycles. The zero-order chi connectivity index (χ0) is 13.8. The Morgan fingerprint density at radius 1 is 1.32 bits per heavy atom. The molecule has 106 valence electrons. The third-order valence-electron chi connectivity index (χ3n) is 4.37. The van der Waals surface area contributed by atoms with Gasteiger partial charge in [-0.2, -0.15) is 0 Å². The molecule has 1 N–H and O–H groups in total. The topological polar surface area (TPSA) is 15.3 Å². The van der Waals surface area contributed by atoms with E-state index in [4.69, 9.17) is 0 Å². The number of halogens is 1. The Morgan fingerprint density at radius 3 is 2.79 bits per heavy atom. The number of nitrogens with one attached hydrogen (secondary N) is 1. The first kappa shape index (κ1) is 14.5. The van der Waals surface area contributed by atoms with Gasteiger partial charge in [0.1, 0.15) is 5.82 Å². The standard InChI is InChI=1S/C16H25FN2/c1-12-11-19(3)13(2)10-16(12)18-9-8-14-6-4-5-7-15(14)17/h4-7,12-13,16,18H,8-11H2,1-3H3/t12-,13+,16+/m1/s1. The second-order valence-corrected chi connectivity index (χ2v) is 5.90. The number of piperidine rings is 1. The average Bonchev–Trinajstić information content (AvgIpc) is 2.38. The van der Waals surface area contributed by atoms with E-state index >= 15 is 0 Å². The van der Waals surface area contributed by atoms with Crippen LogP contribution in [-0.4, -0.2) is 37.1 Å². The molecule has 1 aromatic carbocycles. The van der Waals surface area contributed by atoms with Crippen LogP contribution in [0.1, 0.15) is 25.8 Å². The Labute approximate surface area is 116 Å². The largest absolute Gasteiger partial charge is 0.313 e. The van der Waals surface area contributed by atoms with Crippen molar-refractivity contribution in [3.63, 3.8) is 0 Å². The van der Waals surface area contributed by atoms with Crippen LogP contribution in [0.5, 0.6) is 0 Å². The van der Waals surface area contributed by atoms with Gasteiger partial charge in [-0.1, -0.05) is 25.1 Å². The molecule has 0 unspecified atom stereocenters. The highest BCUT2D eigenvalue weighted by Gasteiger charge is 2.28. The zero-order valence-electron chi connectivity index (χ0n) is 12.2. The minimum atomic E-state index is -0.0888. The van der Waals surface area contributed by atoms with Crippen LogP contribution in [0.25, 0.3) is 0 Å². The van der Waals surface area contributed by atoms with Crippen LogP contribution in [0.15, 0.2) is 24.3 Å². The summed E-state index contributed by atoms with van der Waals surface area (Å²) in [5, 5.41) is 3.60. The first-order valence-corrected chi connectivity index (χ1v) is 7.25. The molecule has 3 atom stereocenters. The minimum absolute atomic E-state index is 0.0888. The summed E-state index contributed by atoms with van der Waals surface area (Å²) in [4.78, 5) is 2.42. The Hall–Kier alpha value is -0.930. The molecule has 0 aromatic heterocycles. The molecule has 1 aromatic rings. The van der Waals surface area contributed by atoms with E-state index in [1.807, 2.05) is 12.1 Å². The fraction of sp³-hybridized carbons (Fsp3) is 0.625. The van der Waals surface area contributed by atoms with E-state index in [-0.39, 0.29) is 5.82 Å². The van der Waals surface area contributed by atoms with Gasteiger partial charge < -0.3 is 10.2 Å². The normalized spacial score (nSPS) is 28.5. The summed E-state index contributed by atoms with van der Waals surface area (Å²) in [7, 11) is 2.19. The second kappa shape index (κ2) is 6.49. The van der Waals surface area contributed by atoms with Crippen molar-refractivity contribution in [2.75, 3.05) is 20.1 Å². The van der Waals surface area contributed by atoms with Gasteiger partial charge in [-0.05, 0) is 50.9 Å². The minimum Gasteiger partial charge on any atom is -0.313 e. The number of benzene rings is 1. The molecule has 0 bridgehead atoms. The van der Waals surface area contributed by atoms with Crippen molar-refractivity contribution in [2.45, 2.75) is 38.8 Å². The van der Waals surface area contributed by atoms with E-state index < -0.39 is 0 Å². The van der Waals surface area contributed by atoms with Crippen molar-refractivity contribution < 1.29 is 4.39 Å². The molecule has 19 heavy (non-hydrogen) atoms. The van der Waals surface area contributed by atoms with Crippen LogP contribution in [0.3, 0.4) is 0 Å². The van der Waals surface area contributed by atoms with E-state index in [9.17, 15) is 4.39 Å². The Bertz CT molecular complexity index is 407. The molecule has 0 saturated carbocycles. The lowest BCUT2D eigenvalue weighted by Gasteiger charge is -2.40. The van der Waals surface area contributed by atoms with Gasteiger partial charge in [0.2, 0.25) is 0 Å².